The van der Waals surface area contributed by atoms with Crippen LogP contribution in [0.3, 0.4) is 0 Å². The second kappa shape index (κ2) is 13.5. The number of nitrogen functional groups attached to an aromatic ring is 1. The van der Waals surface area contributed by atoms with E-state index >= 15 is 0 Å². The van der Waals surface area contributed by atoms with Gasteiger partial charge in [0.05, 0.1) is 22.9 Å². The highest BCUT2D eigenvalue weighted by molar-refractivity contribution is 7.10. The summed E-state index contributed by atoms with van der Waals surface area (Å²) in [5, 5.41) is 8.56. The van der Waals surface area contributed by atoms with Crippen LogP contribution in [0.1, 0.15) is 61.5 Å². The van der Waals surface area contributed by atoms with E-state index in [2.05, 4.69) is 15.5 Å². The second-order valence-electron chi connectivity index (χ2n) is 12.5. The number of urea groups is 2. The van der Waals surface area contributed by atoms with Crippen molar-refractivity contribution in [3.63, 3.8) is 0 Å². The van der Waals surface area contributed by atoms with Crippen molar-refractivity contribution < 1.29 is 14.4 Å². The predicted octanol–water partition coefficient (Wildman–Crippen LogP) is 4.77. The second-order valence-corrected chi connectivity index (χ2v) is 14.0. The van der Waals surface area contributed by atoms with Gasteiger partial charge in [0, 0.05) is 49.6 Å². The summed E-state index contributed by atoms with van der Waals surface area (Å²) < 4.78 is 0. The summed E-state index contributed by atoms with van der Waals surface area (Å²) in [6.45, 7) is 7.38. The van der Waals surface area contributed by atoms with Crippen molar-refractivity contribution in [3.05, 3.63) is 44.6 Å². The van der Waals surface area contributed by atoms with Gasteiger partial charge in [0.2, 0.25) is 5.91 Å². The van der Waals surface area contributed by atoms with Crippen LogP contribution in [0.15, 0.2) is 23.6 Å². The number of carbonyl (C=O) groups excluding carboxylic acids is 3. The van der Waals surface area contributed by atoms with E-state index in [1.807, 2.05) is 40.3 Å². The molecule has 0 unspecified atom stereocenters. The Morgan fingerprint density at radius 3 is 2.43 bits per heavy atom. The van der Waals surface area contributed by atoms with E-state index in [0.717, 1.165) is 54.0 Å². The zero-order valence-electron chi connectivity index (χ0n) is 25.5. The minimum absolute atomic E-state index is 0.0455. The molecule has 4 aliphatic heterocycles. The maximum Gasteiger partial charge on any atom is 0.322 e. The number of nitrogens with one attached hydrogen (secondary N) is 2. The zero-order valence-corrected chi connectivity index (χ0v) is 27.1. The first kappa shape index (κ1) is 31.0. The van der Waals surface area contributed by atoms with Crippen LogP contribution < -0.4 is 16.4 Å². The summed E-state index contributed by atoms with van der Waals surface area (Å²) in [6.07, 6.45) is 6.90. The Labute approximate surface area is 268 Å². The van der Waals surface area contributed by atoms with Gasteiger partial charge in [0.15, 0.2) is 0 Å². The molecule has 0 aliphatic carbocycles. The van der Waals surface area contributed by atoms with Crippen molar-refractivity contribution in [1.82, 2.24) is 24.9 Å². The SMILES string of the molecule is CCc1cc(C[C@@H](NC(=O)N2CCC(N3Cc4sccc4NC3=O)CC2)C(=O)N2CCC(N3CCCC3)CC2)cc(Cl)c1N. The van der Waals surface area contributed by atoms with Crippen molar-refractivity contribution >= 4 is 52.3 Å². The average molecular weight is 642 g/mol. The molecule has 4 aliphatic rings. The lowest BCUT2D eigenvalue weighted by Gasteiger charge is -2.40. The van der Waals surface area contributed by atoms with Gasteiger partial charge in [-0.25, -0.2) is 9.59 Å². The molecule has 5 heterocycles. The van der Waals surface area contributed by atoms with Gasteiger partial charge in [0.25, 0.3) is 0 Å². The molecule has 5 amide bonds. The van der Waals surface area contributed by atoms with Crippen molar-refractivity contribution in [2.45, 2.75) is 83.0 Å². The predicted molar refractivity (Wildman–Crippen MR) is 175 cm³/mol. The number of amides is 5. The molecule has 44 heavy (non-hydrogen) atoms. The number of hydrogen-bond donors (Lipinski definition) is 3. The molecule has 0 bridgehead atoms. The van der Waals surface area contributed by atoms with Crippen LogP contribution in [0.2, 0.25) is 5.02 Å². The summed E-state index contributed by atoms with van der Waals surface area (Å²) in [7, 11) is 0. The summed E-state index contributed by atoms with van der Waals surface area (Å²) in [4.78, 5) is 49.7. The maximum absolute atomic E-state index is 14.0. The number of fused-ring (bicyclic) bond motifs is 1. The number of hydrogen-bond acceptors (Lipinski definition) is 6. The normalized spacial score (nSPS) is 20.9. The molecule has 1 aromatic heterocycles. The number of halogens is 1. The van der Waals surface area contributed by atoms with Gasteiger partial charge >= 0.3 is 12.1 Å². The standard InChI is InChI=1S/C32H44ClN7O3S/c1-2-22-17-21(18-25(33)29(22)34)19-27(30(41)38-12-5-23(6-13-38)37-10-3-4-11-37)36-31(42)39-14-7-24(8-15-39)40-20-28-26(9-16-44-28)35-32(40)43/h9,16-18,23-24,27H,2-8,10-15,19-20,34H2,1H3,(H,35,43)(H,36,42)/t27-/m1/s1. The summed E-state index contributed by atoms with van der Waals surface area (Å²) in [5.74, 6) is -0.0455. The Morgan fingerprint density at radius 2 is 1.73 bits per heavy atom. The highest BCUT2D eigenvalue weighted by Crippen LogP contribution is 2.32. The first-order valence-electron chi connectivity index (χ1n) is 16.1. The monoisotopic (exact) mass is 641 g/mol. The molecule has 12 heteroatoms. The van der Waals surface area contributed by atoms with Crippen LogP contribution in [-0.4, -0.2) is 95.0 Å². The topological polar surface area (TPSA) is 114 Å². The number of nitrogens with two attached hydrogens (primary N) is 1. The average Bonchev–Trinajstić information content (AvgIpc) is 3.74. The molecule has 6 rings (SSSR count). The molecule has 0 saturated carbocycles. The molecule has 3 fully saturated rings. The Hall–Kier alpha value is -3.02. The van der Waals surface area contributed by atoms with Gasteiger partial charge in [-0.1, -0.05) is 24.6 Å². The van der Waals surface area contributed by atoms with Crippen LogP contribution in [-0.2, 0) is 24.2 Å². The number of thiophene rings is 1. The van der Waals surface area contributed by atoms with Gasteiger partial charge < -0.3 is 36.0 Å². The number of anilines is 2. The summed E-state index contributed by atoms with van der Waals surface area (Å²) in [6, 6.07) is 5.33. The lowest BCUT2D eigenvalue weighted by atomic mass is 9.98. The lowest BCUT2D eigenvalue weighted by Crippen LogP contribution is -2.57. The third-order valence-electron chi connectivity index (χ3n) is 9.88. The van der Waals surface area contributed by atoms with E-state index in [-0.39, 0.29) is 24.0 Å². The molecule has 10 nitrogen and oxygen atoms in total. The van der Waals surface area contributed by atoms with Gasteiger partial charge in [-0.3, -0.25) is 4.79 Å². The number of nitrogens with zero attached hydrogens (tertiary/aromatic N) is 4. The first-order chi connectivity index (χ1) is 21.3. The highest BCUT2D eigenvalue weighted by Gasteiger charge is 2.36. The molecule has 1 aromatic carbocycles. The first-order valence-corrected chi connectivity index (χ1v) is 17.4. The highest BCUT2D eigenvalue weighted by atomic mass is 35.5. The third kappa shape index (κ3) is 6.65. The van der Waals surface area contributed by atoms with Crippen LogP contribution in [0.5, 0.6) is 0 Å². The minimum Gasteiger partial charge on any atom is -0.397 e. The van der Waals surface area contributed by atoms with Crippen molar-refractivity contribution in [3.8, 4) is 0 Å². The van der Waals surface area contributed by atoms with Crippen molar-refractivity contribution in [2.24, 2.45) is 0 Å². The fourth-order valence-electron chi connectivity index (χ4n) is 7.27. The fourth-order valence-corrected chi connectivity index (χ4v) is 8.36. The van der Waals surface area contributed by atoms with Gasteiger partial charge in [-0.05, 0) is 86.7 Å². The minimum atomic E-state index is -0.710. The third-order valence-corrected chi connectivity index (χ3v) is 11.1. The van der Waals surface area contributed by atoms with Gasteiger partial charge in [-0.2, -0.15) is 0 Å². The van der Waals surface area contributed by atoms with Gasteiger partial charge in [-0.15, -0.1) is 11.3 Å². The quantitative estimate of drug-likeness (QED) is 0.377. The molecule has 0 spiro atoms. The van der Waals surface area contributed by atoms with Gasteiger partial charge in [0.1, 0.15) is 6.04 Å². The van der Waals surface area contributed by atoms with E-state index in [9.17, 15) is 14.4 Å². The molecule has 4 N–H and O–H groups in total. The van der Waals surface area contributed by atoms with E-state index in [4.69, 9.17) is 17.3 Å². The van der Waals surface area contributed by atoms with E-state index < -0.39 is 6.04 Å². The summed E-state index contributed by atoms with van der Waals surface area (Å²) >= 11 is 8.12. The molecular formula is C32H44ClN7O3S. The van der Waals surface area contributed by atoms with E-state index in [1.54, 1.807) is 16.2 Å². The Morgan fingerprint density at radius 1 is 1.05 bits per heavy atom. The van der Waals surface area contributed by atoms with Crippen molar-refractivity contribution in [1.29, 1.82) is 0 Å². The number of carbonyl (C=O) groups is 3. The Balaban J connectivity index is 1.11. The smallest absolute Gasteiger partial charge is 0.322 e. The summed E-state index contributed by atoms with van der Waals surface area (Å²) in [5.41, 5.74) is 9.48. The largest absolute Gasteiger partial charge is 0.397 e. The Kier molecular flexibility index (Phi) is 9.53. The molecular weight excluding hydrogens is 598 g/mol. The molecule has 238 valence electrons. The van der Waals surface area contributed by atoms with E-state index in [0.29, 0.717) is 68.7 Å². The fraction of sp³-hybridized carbons (Fsp3) is 0.594. The number of aryl methyl sites for hydroxylation is 1. The van der Waals surface area contributed by atoms with E-state index in [1.165, 1.54) is 12.8 Å². The lowest BCUT2D eigenvalue weighted by molar-refractivity contribution is -0.134. The van der Waals surface area contributed by atoms with Crippen LogP contribution in [0, 0.1) is 0 Å². The number of likely N-dealkylation sites (tertiary alicyclic amines) is 3. The van der Waals surface area contributed by atoms with Crippen LogP contribution >= 0.6 is 22.9 Å². The number of rotatable bonds is 7. The maximum atomic E-state index is 14.0. The van der Waals surface area contributed by atoms with Crippen LogP contribution in [0.25, 0.3) is 0 Å². The zero-order chi connectivity index (χ0) is 30.8. The van der Waals surface area contributed by atoms with Crippen LogP contribution in [0.4, 0.5) is 21.0 Å². The molecule has 2 aromatic rings. The Bertz CT molecular complexity index is 1360. The molecule has 1 atom stereocenters. The number of piperidine rings is 2. The molecule has 3 saturated heterocycles. The number of benzene rings is 1. The van der Waals surface area contributed by atoms with Crippen molar-refractivity contribution in [2.75, 3.05) is 50.3 Å². The molecule has 0 radical (unpaired) electrons.